The van der Waals surface area contributed by atoms with Gasteiger partial charge >= 0.3 is 0 Å². The van der Waals surface area contributed by atoms with Crippen LogP contribution in [0.2, 0.25) is 0 Å². The largest absolute Gasteiger partial charge is 0.345 e. The van der Waals surface area contributed by atoms with Crippen molar-refractivity contribution in [3.63, 3.8) is 0 Å². The SMILES string of the molecule is CN(CC1CCCCC1)C(=O)CCCCN. The van der Waals surface area contributed by atoms with Crippen LogP contribution in [0.15, 0.2) is 0 Å². The van der Waals surface area contributed by atoms with Gasteiger partial charge in [-0.25, -0.2) is 0 Å². The molecule has 2 N–H and O–H groups in total. The van der Waals surface area contributed by atoms with E-state index in [2.05, 4.69) is 0 Å². The van der Waals surface area contributed by atoms with E-state index in [1.54, 1.807) is 0 Å². The quantitative estimate of drug-likeness (QED) is 0.705. The van der Waals surface area contributed by atoms with Crippen LogP contribution in [-0.2, 0) is 4.79 Å². The number of carbonyl (C=O) groups is 1. The smallest absolute Gasteiger partial charge is 0.222 e. The van der Waals surface area contributed by atoms with Crippen LogP contribution in [0.3, 0.4) is 0 Å². The summed E-state index contributed by atoms with van der Waals surface area (Å²) in [5.41, 5.74) is 5.42. The highest BCUT2D eigenvalue weighted by Crippen LogP contribution is 2.24. The van der Waals surface area contributed by atoms with Crippen molar-refractivity contribution in [2.45, 2.75) is 51.4 Å². The van der Waals surface area contributed by atoms with Gasteiger partial charge in [0.25, 0.3) is 0 Å². The summed E-state index contributed by atoms with van der Waals surface area (Å²) >= 11 is 0. The third kappa shape index (κ3) is 4.97. The third-order valence-electron chi connectivity index (χ3n) is 3.53. The lowest BCUT2D eigenvalue weighted by Crippen LogP contribution is -2.32. The highest BCUT2D eigenvalue weighted by molar-refractivity contribution is 5.75. The lowest BCUT2D eigenvalue weighted by atomic mass is 9.89. The molecule has 0 atom stereocenters. The molecule has 3 heteroatoms. The van der Waals surface area contributed by atoms with E-state index in [4.69, 9.17) is 5.73 Å². The molecular weight excluding hydrogens is 200 g/mol. The highest BCUT2D eigenvalue weighted by atomic mass is 16.2. The molecule has 0 aliphatic heterocycles. The normalized spacial score (nSPS) is 17.4. The Morgan fingerprint density at radius 1 is 1.25 bits per heavy atom. The zero-order valence-electron chi connectivity index (χ0n) is 10.6. The van der Waals surface area contributed by atoms with Gasteiger partial charge in [-0.3, -0.25) is 4.79 Å². The van der Waals surface area contributed by atoms with Crippen LogP contribution in [-0.4, -0.2) is 30.9 Å². The summed E-state index contributed by atoms with van der Waals surface area (Å²) in [4.78, 5) is 13.7. The van der Waals surface area contributed by atoms with E-state index in [9.17, 15) is 4.79 Å². The Labute approximate surface area is 99.4 Å². The van der Waals surface area contributed by atoms with Crippen LogP contribution in [0, 0.1) is 5.92 Å². The first-order chi connectivity index (χ1) is 7.74. The number of rotatable bonds is 6. The van der Waals surface area contributed by atoms with Gasteiger partial charge in [-0.05, 0) is 38.1 Å². The van der Waals surface area contributed by atoms with E-state index < -0.39 is 0 Å². The molecule has 3 nitrogen and oxygen atoms in total. The Balaban J connectivity index is 2.16. The number of unbranched alkanes of at least 4 members (excludes halogenated alkanes) is 1. The second kappa shape index (κ2) is 7.66. The fourth-order valence-electron chi connectivity index (χ4n) is 2.47. The van der Waals surface area contributed by atoms with Gasteiger partial charge in [0.1, 0.15) is 0 Å². The summed E-state index contributed by atoms with van der Waals surface area (Å²) < 4.78 is 0. The zero-order chi connectivity index (χ0) is 11.8. The van der Waals surface area contributed by atoms with Crippen molar-refractivity contribution in [3.05, 3.63) is 0 Å². The first kappa shape index (κ1) is 13.5. The van der Waals surface area contributed by atoms with Gasteiger partial charge in [-0.1, -0.05) is 19.3 Å². The molecule has 16 heavy (non-hydrogen) atoms. The Kier molecular flexibility index (Phi) is 6.46. The van der Waals surface area contributed by atoms with Gasteiger partial charge in [0.05, 0.1) is 0 Å². The lowest BCUT2D eigenvalue weighted by molar-refractivity contribution is -0.130. The molecule has 0 radical (unpaired) electrons. The Bertz CT molecular complexity index is 200. The summed E-state index contributed by atoms with van der Waals surface area (Å²) in [5.74, 6) is 1.04. The molecule has 0 aromatic carbocycles. The first-order valence-electron chi connectivity index (χ1n) is 6.68. The van der Waals surface area contributed by atoms with Crippen LogP contribution in [0.5, 0.6) is 0 Å². The van der Waals surface area contributed by atoms with Crippen molar-refractivity contribution in [2.75, 3.05) is 20.1 Å². The van der Waals surface area contributed by atoms with Crippen molar-refractivity contribution in [2.24, 2.45) is 11.7 Å². The van der Waals surface area contributed by atoms with E-state index in [1.807, 2.05) is 11.9 Å². The van der Waals surface area contributed by atoms with Crippen LogP contribution in [0.25, 0.3) is 0 Å². The standard InChI is InChI=1S/C13H26N2O/c1-15(13(16)9-5-6-10-14)11-12-7-3-2-4-8-12/h12H,2-11,14H2,1H3. The van der Waals surface area contributed by atoms with Crippen LogP contribution in [0.1, 0.15) is 51.4 Å². The molecule has 0 heterocycles. The summed E-state index contributed by atoms with van der Waals surface area (Å²) in [6, 6.07) is 0. The molecule has 1 rings (SSSR count). The molecule has 94 valence electrons. The Morgan fingerprint density at radius 2 is 1.94 bits per heavy atom. The molecular formula is C13H26N2O. The lowest BCUT2D eigenvalue weighted by Gasteiger charge is -2.27. The van der Waals surface area contributed by atoms with E-state index in [0.29, 0.717) is 18.9 Å². The molecule has 0 aromatic heterocycles. The van der Waals surface area contributed by atoms with Gasteiger partial charge < -0.3 is 10.6 Å². The Hall–Kier alpha value is -0.570. The fraction of sp³-hybridized carbons (Fsp3) is 0.923. The van der Waals surface area contributed by atoms with Gasteiger partial charge in [0.2, 0.25) is 5.91 Å². The van der Waals surface area contributed by atoms with Crippen molar-refractivity contribution < 1.29 is 4.79 Å². The van der Waals surface area contributed by atoms with E-state index in [1.165, 1.54) is 32.1 Å². The topological polar surface area (TPSA) is 46.3 Å². The van der Waals surface area contributed by atoms with E-state index >= 15 is 0 Å². The maximum Gasteiger partial charge on any atom is 0.222 e. The third-order valence-corrected chi connectivity index (χ3v) is 3.53. The van der Waals surface area contributed by atoms with Crippen LogP contribution in [0.4, 0.5) is 0 Å². The van der Waals surface area contributed by atoms with Crippen molar-refractivity contribution in [1.29, 1.82) is 0 Å². The summed E-state index contributed by atoms with van der Waals surface area (Å²) in [6.45, 7) is 1.65. The second-order valence-corrected chi connectivity index (χ2v) is 5.02. The minimum Gasteiger partial charge on any atom is -0.345 e. The molecule has 0 aromatic rings. The van der Waals surface area contributed by atoms with Gasteiger partial charge in [0.15, 0.2) is 0 Å². The molecule has 1 amide bonds. The maximum atomic E-state index is 11.8. The number of amides is 1. The summed E-state index contributed by atoms with van der Waals surface area (Å²) in [7, 11) is 1.94. The number of carbonyl (C=O) groups excluding carboxylic acids is 1. The number of hydrogen-bond acceptors (Lipinski definition) is 2. The Morgan fingerprint density at radius 3 is 2.56 bits per heavy atom. The van der Waals surface area contributed by atoms with Crippen molar-refractivity contribution in [1.82, 2.24) is 4.90 Å². The fourth-order valence-corrected chi connectivity index (χ4v) is 2.47. The molecule has 1 fully saturated rings. The van der Waals surface area contributed by atoms with Crippen LogP contribution >= 0.6 is 0 Å². The van der Waals surface area contributed by atoms with Gasteiger partial charge in [0, 0.05) is 20.0 Å². The molecule has 0 spiro atoms. The maximum absolute atomic E-state index is 11.8. The minimum atomic E-state index is 0.291. The molecule has 1 aliphatic rings. The number of nitrogens with zero attached hydrogens (tertiary/aromatic N) is 1. The molecule has 1 saturated carbocycles. The minimum absolute atomic E-state index is 0.291. The van der Waals surface area contributed by atoms with Crippen molar-refractivity contribution in [3.8, 4) is 0 Å². The molecule has 0 unspecified atom stereocenters. The summed E-state index contributed by atoms with van der Waals surface area (Å²) in [6.07, 6.45) is 9.25. The predicted octanol–water partition coefficient (Wildman–Crippen LogP) is 2.15. The number of nitrogens with two attached hydrogens (primary N) is 1. The predicted molar refractivity (Wildman–Crippen MR) is 67.1 cm³/mol. The zero-order valence-corrected chi connectivity index (χ0v) is 10.6. The van der Waals surface area contributed by atoms with Crippen LogP contribution < -0.4 is 5.73 Å². The average Bonchev–Trinajstić information content (AvgIpc) is 2.30. The number of hydrogen-bond donors (Lipinski definition) is 1. The van der Waals surface area contributed by atoms with E-state index in [-0.39, 0.29) is 0 Å². The molecule has 0 bridgehead atoms. The monoisotopic (exact) mass is 226 g/mol. The average molecular weight is 226 g/mol. The first-order valence-corrected chi connectivity index (χ1v) is 6.68. The molecule has 1 aliphatic carbocycles. The second-order valence-electron chi connectivity index (χ2n) is 5.02. The highest BCUT2D eigenvalue weighted by Gasteiger charge is 2.17. The summed E-state index contributed by atoms with van der Waals surface area (Å²) in [5, 5.41) is 0. The van der Waals surface area contributed by atoms with E-state index in [0.717, 1.165) is 25.3 Å². The van der Waals surface area contributed by atoms with Gasteiger partial charge in [-0.15, -0.1) is 0 Å². The molecule has 0 saturated heterocycles. The van der Waals surface area contributed by atoms with Crippen molar-refractivity contribution >= 4 is 5.91 Å². The van der Waals surface area contributed by atoms with Gasteiger partial charge in [-0.2, -0.15) is 0 Å².